The molecule has 3 aromatic rings. The number of nitrogens with zero attached hydrogens (tertiary/aromatic N) is 1. The van der Waals surface area contributed by atoms with Crippen molar-refractivity contribution in [3.63, 3.8) is 0 Å². The number of nitrogens with two attached hydrogens (primary N) is 1. The summed E-state index contributed by atoms with van der Waals surface area (Å²) in [5.41, 5.74) is 8.09. The van der Waals surface area contributed by atoms with E-state index >= 15 is 0 Å². The number of H-pyrrole nitrogens is 1. The lowest BCUT2D eigenvalue weighted by Gasteiger charge is -2.07. The molecule has 106 valence electrons. The van der Waals surface area contributed by atoms with Crippen LogP contribution < -0.4 is 5.73 Å². The summed E-state index contributed by atoms with van der Waals surface area (Å²) < 4.78 is 14.0. The van der Waals surface area contributed by atoms with E-state index < -0.39 is 0 Å². The first kappa shape index (κ1) is 13.9. The highest BCUT2D eigenvalue weighted by Gasteiger charge is 2.18. The Morgan fingerprint density at radius 3 is 2.52 bits per heavy atom. The van der Waals surface area contributed by atoms with Crippen LogP contribution in [-0.2, 0) is 0 Å². The lowest BCUT2D eigenvalue weighted by Crippen LogP contribution is -1.91. The molecular weight excluding hydrogens is 312 g/mol. The maximum atomic E-state index is 14.0. The summed E-state index contributed by atoms with van der Waals surface area (Å²) in [7, 11) is 0. The fourth-order valence-electron chi connectivity index (χ4n) is 2.15. The summed E-state index contributed by atoms with van der Waals surface area (Å²) in [6.45, 7) is 0. The van der Waals surface area contributed by atoms with Gasteiger partial charge in [0, 0.05) is 11.1 Å². The van der Waals surface area contributed by atoms with E-state index in [0.29, 0.717) is 26.9 Å². The third-order valence-electron chi connectivity index (χ3n) is 3.15. The first-order valence-electron chi connectivity index (χ1n) is 6.12. The van der Waals surface area contributed by atoms with Crippen molar-refractivity contribution in [2.45, 2.75) is 0 Å². The van der Waals surface area contributed by atoms with Gasteiger partial charge in [0.05, 0.1) is 21.3 Å². The number of hydrogen-bond acceptors (Lipinski definition) is 2. The zero-order valence-electron chi connectivity index (χ0n) is 10.7. The van der Waals surface area contributed by atoms with Crippen LogP contribution in [0.2, 0.25) is 10.0 Å². The molecule has 3 rings (SSSR count). The zero-order chi connectivity index (χ0) is 15.0. The number of hydrogen-bond donors (Lipinski definition) is 2. The van der Waals surface area contributed by atoms with Crippen molar-refractivity contribution in [3.05, 3.63) is 58.3 Å². The molecule has 0 bridgehead atoms. The molecule has 0 saturated carbocycles. The van der Waals surface area contributed by atoms with Gasteiger partial charge in [0.25, 0.3) is 0 Å². The van der Waals surface area contributed by atoms with Crippen molar-refractivity contribution in [2.24, 2.45) is 0 Å². The molecule has 21 heavy (non-hydrogen) atoms. The number of benzene rings is 2. The van der Waals surface area contributed by atoms with E-state index in [0.717, 1.165) is 5.56 Å². The van der Waals surface area contributed by atoms with Crippen LogP contribution in [0.3, 0.4) is 0 Å². The van der Waals surface area contributed by atoms with Crippen molar-refractivity contribution >= 4 is 29.0 Å². The number of aromatic amines is 1. The number of halogens is 3. The standard InChI is InChI=1S/C15H10Cl2FN3/c16-10-6-5-8(7-11(10)17)14-13(15(19)21-20-14)9-3-1-2-4-12(9)18/h1-7H,(H3,19,20,21). The van der Waals surface area contributed by atoms with Crippen molar-refractivity contribution in [1.82, 2.24) is 10.2 Å². The molecule has 1 heterocycles. The van der Waals surface area contributed by atoms with Crippen LogP contribution in [0, 0.1) is 5.82 Å². The van der Waals surface area contributed by atoms with Crippen LogP contribution in [0.1, 0.15) is 0 Å². The van der Waals surface area contributed by atoms with Gasteiger partial charge in [-0.15, -0.1) is 0 Å². The Morgan fingerprint density at radius 2 is 1.81 bits per heavy atom. The van der Waals surface area contributed by atoms with Crippen LogP contribution in [0.5, 0.6) is 0 Å². The number of anilines is 1. The minimum atomic E-state index is -0.369. The Bertz CT molecular complexity index is 814. The van der Waals surface area contributed by atoms with E-state index in [9.17, 15) is 4.39 Å². The van der Waals surface area contributed by atoms with Gasteiger partial charge in [-0.1, -0.05) is 47.5 Å². The fraction of sp³-hybridized carbons (Fsp3) is 0. The highest BCUT2D eigenvalue weighted by molar-refractivity contribution is 6.42. The predicted molar refractivity (Wildman–Crippen MR) is 83.9 cm³/mol. The van der Waals surface area contributed by atoms with Crippen LogP contribution >= 0.6 is 23.2 Å². The molecule has 0 radical (unpaired) electrons. The molecule has 6 heteroatoms. The molecule has 3 N–H and O–H groups in total. The van der Waals surface area contributed by atoms with Gasteiger partial charge in [0.2, 0.25) is 0 Å². The lowest BCUT2D eigenvalue weighted by atomic mass is 10.0. The molecule has 0 unspecified atom stereocenters. The number of rotatable bonds is 2. The monoisotopic (exact) mass is 321 g/mol. The van der Waals surface area contributed by atoms with Gasteiger partial charge in [-0.25, -0.2) is 4.39 Å². The van der Waals surface area contributed by atoms with Gasteiger partial charge in [0.1, 0.15) is 5.82 Å². The third-order valence-corrected chi connectivity index (χ3v) is 3.88. The summed E-state index contributed by atoms with van der Waals surface area (Å²) in [5, 5.41) is 7.64. The molecule has 0 aliphatic carbocycles. The van der Waals surface area contributed by atoms with Gasteiger partial charge in [-0.2, -0.15) is 5.10 Å². The molecule has 0 spiro atoms. The minimum Gasteiger partial charge on any atom is -0.382 e. The normalized spacial score (nSPS) is 10.8. The highest BCUT2D eigenvalue weighted by atomic mass is 35.5. The zero-order valence-corrected chi connectivity index (χ0v) is 12.2. The molecule has 0 fully saturated rings. The maximum absolute atomic E-state index is 14.0. The summed E-state index contributed by atoms with van der Waals surface area (Å²) in [4.78, 5) is 0. The average molecular weight is 322 g/mol. The van der Waals surface area contributed by atoms with E-state index in [1.54, 1.807) is 36.4 Å². The van der Waals surface area contributed by atoms with Gasteiger partial charge in [0.15, 0.2) is 5.82 Å². The van der Waals surface area contributed by atoms with Crippen LogP contribution in [0.15, 0.2) is 42.5 Å². The van der Waals surface area contributed by atoms with Gasteiger partial charge < -0.3 is 5.73 Å². The summed E-state index contributed by atoms with van der Waals surface area (Å²) in [6.07, 6.45) is 0. The first-order valence-corrected chi connectivity index (χ1v) is 6.87. The van der Waals surface area contributed by atoms with E-state index in [-0.39, 0.29) is 11.6 Å². The van der Waals surface area contributed by atoms with Crippen molar-refractivity contribution in [2.75, 3.05) is 5.73 Å². The SMILES string of the molecule is Nc1n[nH]c(-c2ccc(Cl)c(Cl)c2)c1-c1ccccc1F. The van der Waals surface area contributed by atoms with E-state index in [1.807, 2.05) is 0 Å². The van der Waals surface area contributed by atoms with Crippen LogP contribution in [0.25, 0.3) is 22.4 Å². The second-order valence-electron chi connectivity index (χ2n) is 4.47. The Balaban J connectivity index is 2.22. The molecule has 0 amide bonds. The Labute approximate surface area is 130 Å². The third kappa shape index (κ3) is 2.48. The van der Waals surface area contributed by atoms with Crippen LogP contribution in [0.4, 0.5) is 10.2 Å². The maximum Gasteiger partial charge on any atom is 0.153 e. The number of nitrogens with one attached hydrogen (secondary N) is 1. The molecule has 2 aromatic carbocycles. The van der Waals surface area contributed by atoms with Crippen molar-refractivity contribution in [3.8, 4) is 22.4 Å². The summed E-state index contributed by atoms with van der Waals surface area (Å²) in [6, 6.07) is 11.5. The second kappa shape index (κ2) is 5.39. The van der Waals surface area contributed by atoms with Gasteiger partial charge >= 0.3 is 0 Å². The highest BCUT2D eigenvalue weighted by Crippen LogP contribution is 2.37. The summed E-state index contributed by atoms with van der Waals surface area (Å²) in [5.74, 6) is -0.145. The Kier molecular flexibility index (Phi) is 3.57. The van der Waals surface area contributed by atoms with Gasteiger partial charge in [-0.3, -0.25) is 5.10 Å². The number of aromatic nitrogens is 2. The quantitative estimate of drug-likeness (QED) is 0.714. The number of nitrogen functional groups attached to an aromatic ring is 1. The molecule has 0 aliphatic heterocycles. The van der Waals surface area contributed by atoms with Crippen molar-refractivity contribution in [1.29, 1.82) is 0 Å². The topological polar surface area (TPSA) is 54.7 Å². The van der Waals surface area contributed by atoms with E-state index in [2.05, 4.69) is 10.2 Å². The molecule has 0 atom stereocenters. The minimum absolute atomic E-state index is 0.223. The smallest absolute Gasteiger partial charge is 0.153 e. The molecule has 0 saturated heterocycles. The molecule has 3 nitrogen and oxygen atoms in total. The van der Waals surface area contributed by atoms with Crippen LogP contribution in [-0.4, -0.2) is 10.2 Å². The molecular formula is C15H10Cl2FN3. The molecule has 0 aliphatic rings. The summed E-state index contributed by atoms with van der Waals surface area (Å²) >= 11 is 11.9. The Morgan fingerprint density at radius 1 is 1.05 bits per heavy atom. The van der Waals surface area contributed by atoms with E-state index in [4.69, 9.17) is 28.9 Å². The fourth-order valence-corrected chi connectivity index (χ4v) is 2.45. The van der Waals surface area contributed by atoms with Crippen molar-refractivity contribution < 1.29 is 4.39 Å². The Hall–Kier alpha value is -2.04. The molecule has 1 aromatic heterocycles. The lowest BCUT2D eigenvalue weighted by molar-refractivity contribution is 0.631. The van der Waals surface area contributed by atoms with Gasteiger partial charge in [-0.05, 0) is 18.2 Å². The largest absolute Gasteiger partial charge is 0.382 e. The van der Waals surface area contributed by atoms with E-state index in [1.165, 1.54) is 6.07 Å². The second-order valence-corrected chi connectivity index (χ2v) is 5.28. The first-order chi connectivity index (χ1) is 10.1. The predicted octanol–water partition coefficient (Wildman–Crippen LogP) is 4.77. The average Bonchev–Trinajstić information content (AvgIpc) is 2.84.